The number of benzene rings is 2. The second kappa shape index (κ2) is 5.62. The summed E-state index contributed by atoms with van der Waals surface area (Å²) in [7, 11) is 2.05. The molecule has 0 bridgehead atoms. The van der Waals surface area contributed by atoms with Gasteiger partial charge in [-0.3, -0.25) is 0 Å². The number of rotatable bonds is 3. The van der Waals surface area contributed by atoms with E-state index in [-0.39, 0.29) is 5.95 Å². The molecule has 2 N–H and O–H groups in total. The van der Waals surface area contributed by atoms with Gasteiger partial charge in [-0.25, -0.2) is 0 Å². The van der Waals surface area contributed by atoms with Crippen molar-refractivity contribution in [3.05, 3.63) is 60.2 Å². The predicted octanol–water partition coefficient (Wildman–Crippen LogP) is 2.30. The van der Waals surface area contributed by atoms with Crippen LogP contribution in [0.1, 0.15) is 5.56 Å². The molecule has 0 spiro atoms. The normalized spacial score (nSPS) is 11.5. The van der Waals surface area contributed by atoms with Crippen LogP contribution in [0, 0.1) is 0 Å². The highest BCUT2D eigenvalue weighted by atomic mass is 15.7. The Hall–Kier alpha value is -3.48. The maximum atomic E-state index is 5.68. The van der Waals surface area contributed by atoms with Crippen LogP contribution in [0.25, 0.3) is 22.2 Å². The molecule has 0 atom stereocenters. The van der Waals surface area contributed by atoms with Crippen LogP contribution in [0.2, 0.25) is 0 Å². The van der Waals surface area contributed by atoms with Crippen LogP contribution in [0.4, 0.5) is 5.95 Å². The van der Waals surface area contributed by atoms with Crippen molar-refractivity contribution in [2.45, 2.75) is 0 Å². The molecule has 2 aromatic carbocycles. The maximum absolute atomic E-state index is 5.68. The van der Waals surface area contributed by atoms with E-state index < -0.39 is 0 Å². The number of nitrogens with zero attached hydrogens (tertiary/aromatic N) is 6. The molecule has 2 heterocycles. The van der Waals surface area contributed by atoms with E-state index in [4.69, 9.17) is 5.73 Å². The summed E-state index contributed by atoms with van der Waals surface area (Å²) in [6.45, 7) is 0. The third-order valence-corrected chi connectivity index (χ3v) is 3.97. The molecule has 0 saturated heterocycles. The minimum absolute atomic E-state index is 0.146. The number of hydrogen-bond acceptors (Lipinski definition) is 5. The highest BCUT2D eigenvalue weighted by Gasteiger charge is 2.15. The van der Waals surface area contributed by atoms with Gasteiger partial charge < -0.3 is 10.3 Å². The average Bonchev–Trinajstić information content (AvgIpc) is 3.15. The van der Waals surface area contributed by atoms with E-state index in [1.54, 1.807) is 6.21 Å². The number of fused-ring (bicyclic) bond motifs is 1. The summed E-state index contributed by atoms with van der Waals surface area (Å²) in [6.07, 6.45) is 1.75. The van der Waals surface area contributed by atoms with Crippen LogP contribution in [0.5, 0.6) is 0 Å². The standard InChI is InChI=1S/C17H15N7/c1-23-15-10-6-5-9-13(15)14(11-19-24-17(18)20-21-22-24)16(23)12-7-3-2-4-8-12/h2-11H,1H3,(H2,18,20,22)/b19-11+. The Balaban J connectivity index is 1.96. The van der Waals surface area contributed by atoms with Gasteiger partial charge in [0, 0.05) is 23.5 Å². The van der Waals surface area contributed by atoms with Gasteiger partial charge in [0.1, 0.15) is 0 Å². The summed E-state index contributed by atoms with van der Waals surface area (Å²) in [5.74, 6) is 0.146. The summed E-state index contributed by atoms with van der Waals surface area (Å²) in [4.78, 5) is 1.20. The van der Waals surface area contributed by atoms with Crippen LogP contribution < -0.4 is 5.73 Å². The minimum atomic E-state index is 0.146. The van der Waals surface area contributed by atoms with Crippen molar-refractivity contribution >= 4 is 23.1 Å². The van der Waals surface area contributed by atoms with Crippen LogP contribution in [0.3, 0.4) is 0 Å². The molecular formula is C17H15N7. The van der Waals surface area contributed by atoms with Crippen molar-refractivity contribution < 1.29 is 0 Å². The quantitative estimate of drug-likeness (QED) is 0.587. The highest BCUT2D eigenvalue weighted by molar-refractivity contribution is 6.06. The largest absolute Gasteiger partial charge is 0.365 e. The van der Waals surface area contributed by atoms with E-state index in [1.165, 1.54) is 4.79 Å². The number of nitrogen functional groups attached to an aromatic ring is 1. The molecule has 4 aromatic rings. The fourth-order valence-corrected chi connectivity index (χ4v) is 2.88. The van der Waals surface area contributed by atoms with Gasteiger partial charge in [-0.2, -0.15) is 5.10 Å². The van der Waals surface area contributed by atoms with Crippen molar-refractivity contribution in [1.29, 1.82) is 0 Å². The van der Waals surface area contributed by atoms with Gasteiger partial charge >= 0.3 is 0 Å². The number of para-hydroxylation sites is 1. The van der Waals surface area contributed by atoms with E-state index in [0.29, 0.717) is 0 Å². The Labute approximate surface area is 138 Å². The average molecular weight is 317 g/mol. The Kier molecular flexibility index (Phi) is 3.31. The third-order valence-electron chi connectivity index (χ3n) is 3.97. The molecule has 0 aliphatic heterocycles. The lowest BCUT2D eigenvalue weighted by molar-refractivity contribution is 0.700. The lowest BCUT2D eigenvalue weighted by atomic mass is 10.1. The van der Waals surface area contributed by atoms with Crippen LogP contribution in [0.15, 0.2) is 59.7 Å². The van der Waals surface area contributed by atoms with Gasteiger partial charge in [-0.1, -0.05) is 58.4 Å². The van der Waals surface area contributed by atoms with Crippen molar-refractivity contribution in [2.75, 3.05) is 5.73 Å². The molecule has 7 nitrogen and oxygen atoms in total. The summed E-state index contributed by atoms with van der Waals surface area (Å²) in [6, 6.07) is 18.4. The van der Waals surface area contributed by atoms with Crippen LogP contribution in [-0.2, 0) is 7.05 Å². The van der Waals surface area contributed by atoms with Crippen molar-refractivity contribution in [2.24, 2.45) is 12.1 Å². The zero-order chi connectivity index (χ0) is 16.5. The summed E-state index contributed by atoms with van der Waals surface area (Å²) in [5, 5.41) is 16.3. The van der Waals surface area contributed by atoms with Crippen LogP contribution >= 0.6 is 0 Å². The van der Waals surface area contributed by atoms with E-state index in [1.807, 2.05) is 37.4 Å². The molecule has 0 saturated carbocycles. The van der Waals surface area contributed by atoms with E-state index >= 15 is 0 Å². The lowest BCUT2D eigenvalue weighted by Gasteiger charge is -2.05. The monoisotopic (exact) mass is 317 g/mol. The lowest BCUT2D eigenvalue weighted by Crippen LogP contribution is -2.00. The molecular weight excluding hydrogens is 302 g/mol. The Bertz CT molecular complexity index is 1030. The number of aromatic nitrogens is 5. The van der Waals surface area contributed by atoms with Gasteiger partial charge in [-0.05, 0) is 22.1 Å². The highest BCUT2D eigenvalue weighted by Crippen LogP contribution is 2.31. The SMILES string of the molecule is Cn1c(-c2ccccc2)c(/C=N/n2nnnc2N)c2ccccc21. The van der Waals surface area contributed by atoms with Gasteiger partial charge in [-0.15, -0.1) is 0 Å². The van der Waals surface area contributed by atoms with Crippen molar-refractivity contribution in [3.8, 4) is 11.3 Å². The molecule has 0 fully saturated rings. The summed E-state index contributed by atoms with van der Waals surface area (Å²) in [5.41, 5.74) is 9.99. The second-order valence-corrected chi connectivity index (χ2v) is 5.38. The minimum Gasteiger partial charge on any atom is -0.365 e. The molecule has 4 rings (SSSR count). The van der Waals surface area contributed by atoms with E-state index in [2.05, 4.69) is 49.5 Å². The topological polar surface area (TPSA) is 86.9 Å². The fraction of sp³-hybridized carbons (Fsp3) is 0.0588. The first-order valence-corrected chi connectivity index (χ1v) is 7.47. The van der Waals surface area contributed by atoms with Gasteiger partial charge in [0.25, 0.3) is 5.95 Å². The molecule has 2 aromatic heterocycles. The first-order valence-electron chi connectivity index (χ1n) is 7.47. The summed E-state index contributed by atoms with van der Waals surface area (Å²) < 4.78 is 2.16. The zero-order valence-corrected chi connectivity index (χ0v) is 13.0. The van der Waals surface area contributed by atoms with Gasteiger partial charge in [0.05, 0.1) is 11.9 Å². The number of aryl methyl sites for hydroxylation is 1. The molecule has 24 heavy (non-hydrogen) atoms. The second-order valence-electron chi connectivity index (χ2n) is 5.38. The number of hydrogen-bond donors (Lipinski definition) is 1. The zero-order valence-electron chi connectivity index (χ0n) is 13.0. The third kappa shape index (κ3) is 2.23. The molecule has 7 heteroatoms. The van der Waals surface area contributed by atoms with Gasteiger partial charge in [0.15, 0.2) is 0 Å². The Morgan fingerprint density at radius 1 is 1.04 bits per heavy atom. The molecule has 0 amide bonds. The van der Waals surface area contributed by atoms with E-state index in [9.17, 15) is 0 Å². The maximum Gasteiger partial charge on any atom is 0.263 e. The molecule has 0 unspecified atom stereocenters. The van der Waals surface area contributed by atoms with Gasteiger partial charge in [0.2, 0.25) is 0 Å². The molecule has 0 radical (unpaired) electrons. The Morgan fingerprint density at radius 3 is 2.54 bits per heavy atom. The van der Waals surface area contributed by atoms with Crippen LogP contribution in [-0.4, -0.2) is 31.1 Å². The first-order chi connectivity index (χ1) is 11.8. The van der Waals surface area contributed by atoms with E-state index in [0.717, 1.165) is 27.7 Å². The Morgan fingerprint density at radius 2 is 1.79 bits per heavy atom. The number of anilines is 1. The fourth-order valence-electron chi connectivity index (χ4n) is 2.88. The molecule has 0 aliphatic carbocycles. The number of tetrazole rings is 1. The predicted molar refractivity (Wildman–Crippen MR) is 93.6 cm³/mol. The first kappa shape index (κ1) is 14.1. The number of nitrogens with two attached hydrogens (primary N) is 1. The summed E-state index contributed by atoms with van der Waals surface area (Å²) >= 11 is 0. The molecule has 0 aliphatic rings. The smallest absolute Gasteiger partial charge is 0.263 e. The van der Waals surface area contributed by atoms with Crippen molar-refractivity contribution in [3.63, 3.8) is 0 Å². The van der Waals surface area contributed by atoms with Crippen molar-refractivity contribution in [1.82, 2.24) is 24.9 Å². The molecule has 118 valence electrons.